The fourth-order valence-corrected chi connectivity index (χ4v) is 1.95. The zero-order valence-corrected chi connectivity index (χ0v) is 9.26. The third-order valence-electron chi connectivity index (χ3n) is 2.91. The van der Waals surface area contributed by atoms with Gasteiger partial charge in [0.05, 0.1) is 0 Å². The lowest BCUT2D eigenvalue weighted by Gasteiger charge is -2.34. The molecule has 16 heavy (non-hydrogen) atoms. The first kappa shape index (κ1) is 13.3. The van der Waals surface area contributed by atoms with Gasteiger partial charge >= 0.3 is 6.18 Å². The van der Waals surface area contributed by atoms with Crippen LogP contribution in [0.15, 0.2) is 0 Å². The average Bonchev–Trinajstić information content (AvgIpc) is 2.15. The van der Waals surface area contributed by atoms with Crippen LogP contribution in [0.5, 0.6) is 0 Å². The average molecular weight is 238 g/mol. The molecule has 0 aromatic heterocycles. The van der Waals surface area contributed by atoms with Crippen molar-refractivity contribution in [2.24, 2.45) is 11.7 Å². The molecule has 0 aromatic rings. The Morgan fingerprint density at radius 1 is 1.56 bits per heavy atom. The number of rotatable bonds is 2. The molecule has 0 unspecified atom stereocenters. The summed E-state index contributed by atoms with van der Waals surface area (Å²) >= 11 is 0. The minimum Gasteiger partial charge on any atom is -0.342 e. The van der Waals surface area contributed by atoms with E-state index in [9.17, 15) is 18.0 Å². The number of hydrogen-bond acceptors (Lipinski definition) is 2. The van der Waals surface area contributed by atoms with Crippen LogP contribution in [0.2, 0.25) is 0 Å². The molecular weight excluding hydrogens is 221 g/mol. The molecule has 1 fully saturated rings. The number of nitrogens with zero attached hydrogens (tertiary/aromatic N) is 1. The third-order valence-corrected chi connectivity index (χ3v) is 2.91. The van der Waals surface area contributed by atoms with E-state index >= 15 is 0 Å². The second-order valence-corrected chi connectivity index (χ2v) is 4.39. The highest BCUT2D eigenvalue weighted by molar-refractivity contribution is 5.76. The summed E-state index contributed by atoms with van der Waals surface area (Å²) < 4.78 is 36.1. The predicted molar refractivity (Wildman–Crippen MR) is 53.6 cm³/mol. The van der Waals surface area contributed by atoms with Gasteiger partial charge < -0.3 is 10.6 Å². The van der Waals surface area contributed by atoms with E-state index < -0.39 is 18.5 Å². The number of alkyl halides is 3. The molecule has 0 aliphatic carbocycles. The Labute approximate surface area is 92.8 Å². The summed E-state index contributed by atoms with van der Waals surface area (Å²) in [5.74, 6) is -0.719. The monoisotopic (exact) mass is 238 g/mol. The van der Waals surface area contributed by atoms with Crippen molar-refractivity contribution in [2.75, 3.05) is 13.1 Å². The molecular formula is C10H17F3N2O. The van der Waals surface area contributed by atoms with Gasteiger partial charge in [0.2, 0.25) is 5.91 Å². The van der Waals surface area contributed by atoms with Gasteiger partial charge in [0.25, 0.3) is 0 Å². The first-order chi connectivity index (χ1) is 7.29. The number of likely N-dealkylation sites (tertiary alicyclic amines) is 1. The van der Waals surface area contributed by atoms with Crippen LogP contribution < -0.4 is 5.73 Å². The van der Waals surface area contributed by atoms with Crippen LogP contribution in [-0.4, -0.2) is 36.1 Å². The Morgan fingerprint density at radius 3 is 2.69 bits per heavy atom. The fourth-order valence-electron chi connectivity index (χ4n) is 1.95. The van der Waals surface area contributed by atoms with Crippen LogP contribution in [0.25, 0.3) is 0 Å². The van der Waals surface area contributed by atoms with E-state index in [2.05, 4.69) is 0 Å². The lowest BCUT2D eigenvalue weighted by atomic mass is 9.92. The van der Waals surface area contributed by atoms with E-state index in [0.717, 1.165) is 12.8 Å². The minimum atomic E-state index is -4.42. The molecule has 0 aromatic carbocycles. The molecule has 1 saturated heterocycles. The summed E-state index contributed by atoms with van der Waals surface area (Å²) in [5.41, 5.74) is 5.70. The second-order valence-electron chi connectivity index (χ2n) is 4.39. The summed E-state index contributed by atoms with van der Waals surface area (Å²) in [6, 6.07) is -0.0820. The Morgan fingerprint density at radius 2 is 2.19 bits per heavy atom. The number of nitrogens with two attached hydrogens (primary N) is 1. The number of halogens is 3. The van der Waals surface area contributed by atoms with E-state index in [0.29, 0.717) is 13.1 Å². The lowest BCUT2D eigenvalue weighted by Crippen LogP contribution is -2.46. The molecule has 1 aliphatic rings. The Kier molecular flexibility index (Phi) is 4.18. The lowest BCUT2D eigenvalue weighted by molar-refractivity contribution is -0.162. The quantitative estimate of drug-likeness (QED) is 0.793. The number of piperidine rings is 1. The number of hydrogen-bond donors (Lipinski definition) is 1. The van der Waals surface area contributed by atoms with Gasteiger partial charge in [0.1, 0.15) is 6.42 Å². The van der Waals surface area contributed by atoms with Crippen LogP contribution in [-0.2, 0) is 4.79 Å². The fraction of sp³-hybridized carbons (Fsp3) is 0.900. The molecule has 1 aliphatic heterocycles. The van der Waals surface area contributed by atoms with Gasteiger partial charge in [-0.3, -0.25) is 4.79 Å². The van der Waals surface area contributed by atoms with Crippen LogP contribution in [0, 0.1) is 5.92 Å². The normalized spacial score (nSPS) is 24.3. The Balaban J connectivity index is 2.50. The molecule has 2 N–H and O–H groups in total. The molecule has 2 atom stereocenters. The van der Waals surface area contributed by atoms with Crippen molar-refractivity contribution in [3.05, 3.63) is 0 Å². The van der Waals surface area contributed by atoms with Crippen molar-refractivity contribution >= 4 is 5.91 Å². The highest BCUT2D eigenvalue weighted by Crippen LogP contribution is 2.24. The van der Waals surface area contributed by atoms with Crippen molar-refractivity contribution in [1.29, 1.82) is 0 Å². The van der Waals surface area contributed by atoms with Crippen LogP contribution in [0.1, 0.15) is 26.2 Å². The largest absolute Gasteiger partial charge is 0.397 e. The van der Waals surface area contributed by atoms with Gasteiger partial charge in [0.15, 0.2) is 0 Å². The summed E-state index contributed by atoms with van der Waals surface area (Å²) in [6.07, 6.45) is -4.17. The molecule has 1 heterocycles. The number of carbonyl (C=O) groups is 1. The number of amides is 1. The smallest absolute Gasteiger partial charge is 0.342 e. The standard InChI is InChI=1S/C10H17F3N2O/c1-7(14)8-3-2-4-15(6-8)9(16)5-10(11,12)13/h7-8H,2-6,14H2,1H3/t7-,8-/m1/s1. The summed E-state index contributed by atoms with van der Waals surface area (Å²) in [7, 11) is 0. The van der Waals surface area contributed by atoms with E-state index in [4.69, 9.17) is 5.73 Å². The van der Waals surface area contributed by atoms with E-state index in [1.807, 2.05) is 6.92 Å². The molecule has 94 valence electrons. The molecule has 6 heteroatoms. The van der Waals surface area contributed by atoms with E-state index in [1.165, 1.54) is 4.90 Å². The minimum absolute atomic E-state index is 0.0820. The Bertz CT molecular complexity index is 253. The maximum atomic E-state index is 12.0. The maximum Gasteiger partial charge on any atom is 0.397 e. The molecule has 0 bridgehead atoms. The van der Waals surface area contributed by atoms with Gasteiger partial charge in [0, 0.05) is 19.1 Å². The third kappa shape index (κ3) is 4.00. The zero-order chi connectivity index (χ0) is 12.3. The molecule has 0 spiro atoms. The van der Waals surface area contributed by atoms with Gasteiger partial charge in [-0.15, -0.1) is 0 Å². The van der Waals surface area contributed by atoms with Crippen LogP contribution in [0.4, 0.5) is 13.2 Å². The van der Waals surface area contributed by atoms with Gasteiger partial charge in [-0.2, -0.15) is 13.2 Å². The first-order valence-electron chi connectivity index (χ1n) is 5.39. The molecule has 3 nitrogen and oxygen atoms in total. The second kappa shape index (κ2) is 5.03. The topological polar surface area (TPSA) is 46.3 Å². The van der Waals surface area contributed by atoms with E-state index in [1.54, 1.807) is 0 Å². The zero-order valence-electron chi connectivity index (χ0n) is 9.26. The molecule has 0 radical (unpaired) electrons. The van der Waals surface area contributed by atoms with Crippen molar-refractivity contribution in [3.63, 3.8) is 0 Å². The predicted octanol–water partition coefficient (Wildman–Crippen LogP) is 1.52. The van der Waals surface area contributed by atoms with Crippen LogP contribution in [0.3, 0.4) is 0 Å². The van der Waals surface area contributed by atoms with Crippen molar-refractivity contribution in [2.45, 2.75) is 38.4 Å². The first-order valence-corrected chi connectivity index (χ1v) is 5.39. The summed E-state index contributed by atoms with van der Waals surface area (Å²) in [4.78, 5) is 12.6. The molecule has 1 amide bonds. The van der Waals surface area contributed by atoms with E-state index in [-0.39, 0.29) is 12.0 Å². The van der Waals surface area contributed by atoms with Crippen molar-refractivity contribution in [1.82, 2.24) is 4.90 Å². The maximum absolute atomic E-state index is 12.0. The van der Waals surface area contributed by atoms with Crippen molar-refractivity contribution < 1.29 is 18.0 Å². The highest BCUT2D eigenvalue weighted by atomic mass is 19.4. The molecule has 1 rings (SSSR count). The summed E-state index contributed by atoms with van der Waals surface area (Å²) in [6.45, 7) is 2.59. The van der Waals surface area contributed by atoms with Gasteiger partial charge in [-0.05, 0) is 25.7 Å². The van der Waals surface area contributed by atoms with Crippen molar-refractivity contribution in [3.8, 4) is 0 Å². The number of carbonyl (C=O) groups excluding carboxylic acids is 1. The Hall–Kier alpha value is -0.780. The molecule has 0 saturated carbocycles. The van der Waals surface area contributed by atoms with Gasteiger partial charge in [-0.25, -0.2) is 0 Å². The highest BCUT2D eigenvalue weighted by Gasteiger charge is 2.35. The SMILES string of the molecule is C[C@@H](N)[C@@H]1CCCN(C(=O)CC(F)(F)F)C1. The summed E-state index contributed by atoms with van der Waals surface area (Å²) in [5, 5.41) is 0. The van der Waals surface area contributed by atoms with Crippen LogP contribution >= 0.6 is 0 Å². The van der Waals surface area contributed by atoms with Gasteiger partial charge in [-0.1, -0.05) is 0 Å².